The molecule has 11 nitrogen and oxygen atoms in total. The van der Waals surface area contributed by atoms with Gasteiger partial charge in [0.05, 0.1) is 33.4 Å². The summed E-state index contributed by atoms with van der Waals surface area (Å²) in [6.45, 7) is 6.70. The predicted molar refractivity (Wildman–Crippen MR) is 147 cm³/mol. The van der Waals surface area contributed by atoms with Gasteiger partial charge in [-0.05, 0) is 32.9 Å². The standard InChI is InChI=1S/C24H32N8O3S2/c1-14-20-16(36-23(28-20)26-13-19(34)31-5-3-4-6-31)12-17-21(14)29-24(37-17)27-15(11-18(25)33)22(35)32-9-7-30(2)8-10-32/h12,15H,3-11,13H2,1-2H3,(H2,25,33)(H,26,28)(H,27,29). The normalized spacial score (nSPS) is 17.5. The molecule has 4 N–H and O–H groups in total. The van der Waals surface area contributed by atoms with E-state index in [1.807, 2.05) is 24.9 Å². The highest BCUT2D eigenvalue weighted by molar-refractivity contribution is 7.24. The van der Waals surface area contributed by atoms with Gasteiger partial charge in [0.15, 0.2) is 10.3 Å². The van der Waals surface area contributed by atoms with Crippen molar-refractivity contribution in [1.82, 2.24) is 24.7 Å². The number of nitrogens with two attached hydrogens (primary N) is 1. The van der Waals surface area contributed by atoms with Crippen molar-refractivity contribution in [1.29, 1.82) is 0 Å². The number of likely N-dealkylation sites (N-methyl/N-ethyl adjacent to an activating group) is 1. The molecule has 5 rings (SSSR count). The predicted octanol–water partition coefficient (Wildman–Crippen LogP) is 1.68. The average molecular weight is 545 g/mol. The largest absolute Gasteiger partial charge is 0.370 e. The Balaban J connectivity index is 1.32. The van der Waals surface area contributed by atoms with Crippen LogP contribution in [0, 0.1) is 6.92 Å². The van der Waals surface area contributed by atoms with Crippen LogP contribution >= 0.6 is 22.7 Å². The quantitative estimate of drug-likeness (QED) is 0.390. The van der Waals surface area contributed by atoms with Gasteiger partial charge in [0, 0.05) is 44.8 Å². The van der Waals surface area contributed by atoms with E-state index in [-0.39, 0.29) is 24.8 Å². The number of anilines is 2. The van der Waals surface area contributed by atoms with Crippen molar-refractivity contribution in [2.24, 2.45) is 5.73 Å². The minimum atomic E-state index is -0.759. The summed E-state index contributed by atoms with van der Waals surface area (Å²) in [6, 6.07) is 1.28. The molecule has 3 aromatic rings. The molecule has 4 heterocycles. The fourth-order valence-corrected chi connectivity index (χ4v) is 6.85. The summed E-state index contributed by atoms with van der Waals surface area (Å²) in [7, 11) is 2.03. The van der Waals surface area contributed by atoms with E-state index in [0.717, 1.165) is 65.0 Å². The first kappa shape index (κ1) is 25.6. The fraction of sp³-hybridized carbons (Fsp3) is 0.542. The number of carbonyl (C=O) groups is 3. The summed E-state index contributed by atoms with van der Waals surface area (Å²) in [5.74, 6) is -0.571. The Hall–Kier alpha value is -3.03. The molecule has 3 amide bonds. The Bertz CT molecular complexity index is 1320. The van der Waals surface area contributed by atoms with Crippen molar-refractivity contribution >= 4 is 71.1 Å². The van der Waals surface area contributed by atoms with Crippen LogP contribution in [0.15, 0.2) is 6.07 Å². The zero-order valence-electron chi connectivity index (χ0n) is 21.1. The topological polar surface area (TPSA) is 137 Å². The lowest BCUT2D eigenvalue weighted by atomic mass is 10.1. The van der Waals surface area contributed by atoms with Crippen LogP contribution in [-0.4, -0.2) is 101 Å². The van der Waals surface area contributed by atoms with Gasteiger partial charge in [0.25, 0.3) is 0 Å². The summed E-state index contributed by atoms with van der Waals surface area (Å²) >= 11 is 2.94. The first-order valence-corrected chi connectivity index (χ1v) is 14.2. The van der Waals surface area contributed by atoms with Gasteiger partial charge in [-0.3, -0.25) is 14.4 Å². The Labute approximate surface area is 223 Å². The van der Waals surface area contributed by atoms with Crippen LogP contribution in [-0.2, 0) is 14.4 Å². The number of hydrogen-bond donors (Lipinski definition) is 3. The molecule has 0 saturated carbocycles. The summed E-state index contributed by atoms with van der Waals surface area (Å²) in [6.07, 6.45) is 2.04. The maximum atomic E-state index is 13.2. The Morgan fingerprint density at radius 2 is 1.59 bits per heavy atom. The number of thiazole rings is 2. The maximum absolute atomic E-state index is 13.2. The van der Waals surface area contributed by atoms with Crippen LogP contribution in [0.3, 0.4) is 0 Å². The first-order chi connectivity index (χ1) is 17.8. The monoisotopic (exact) mass is 544 g/mol. The van der Waals surface area contributed by atoms with E-state index in [2.05, 4.69) is 15.5 Å². The van der Waals surface area contributed by atoms with Gasteiger partial charge < -0.3 is 31.1 Å². The van der Waals surface area contributed by atoms with Crippen LogP contribution < -0.4 is 16.4 Å². The summed E-state index contributed by atoms with van der Waals surface area (Å²) in [5, 5.41) is 7.65. The number of fused-ring (bicyclic) bond motifs is 2. The lowest BCUT2D eigenvalue weighted by Gasteiger charge is -2.34. The van der Waals surface area contributed by atoms with Crippen LogP contribution in [0.2, 0.25) is 0 Å². The summed E-state index contributed by atoms with van der Waals surface area (Å²) in [4.78, 5) is 52.6. The van der Waals surface area contributed by atoms with Gasteiger partial charge in [-0.2, -0.15) is 0 Å². The molecule has 2 saturated heterocycles. The Morgan fingerprint density at radius 1 is 0.973 bits per heavy atom. The van der Waals surface area contributed by atoms with Crippen molar-refractivity contribution in [2.75, 3.05) is 63.5 Å². The number of hydrogen-bond acceptors (Lipinski definition) is 10. The third-order valence-electron chi connectivity index (χ3n) is 6.95. The molecule has 0 aliphatic carbocycles. The van der Waals surface area contributed by atoms with Crippen LogP contribution in [0.5, 0.6) is 0 Å². The average Bonchev–Trinajstić information content (AvgIpc) is 3.62. The van der Waals surface area contributed by atoms with Crippen LogP contribution in [0.25, 0.3) is 20.4 Å². The molecule has 2 aromatic heterocycles. The number of likely N-dealkylation sites (tertiary alicyclic amines) is 1. The molecule has 0 spiro atoms. The molecule has 2 aliphatic rings. The molecule has 13 heteroatoms. The third-order valence-corrected chi connectivity index (χ3v) is 8.84. The number of aryl methyl sites for hydroxylation is 1. The SMILES string of the molecule is Cc1c2nc(NCC(=O)N3CCCC3)sc2cc2sc(NC(CC(N)=O)C(=O)N3CCN(C)CC3)nc12. The Kier molecular flexibility index (Phi) is 7.45. The van der Waals surface area contributed by atoms with E-state index < -0.39 is 11.9 Å². The molecule has 2 aliphatic heterocycles. The van der Waals surface area contributed by atoms with Gasteiger partial charge in [-0.25, -0.2) is 9.97 Å². The minimum Gasteiger partial charge on any atom is -0.370 e. The molecule has 1 atom stereocenters. The summed E-state index contributed by atoms with van der Waals surface area (Å²) < 4.78 is 1.96. The van der Waals surface area contributed by atoms with Crippen molar-refractivity contribution in [3.05, 3.63) is 11.6 Å². The number of rotatable bonds is 8. The fourth-order valence-electron chi connectivity index (χ4n) is 4.79. The zero-order valence-corrected chi connectivity index (χ0v) is 22.7. The molecule has 1 aromatic carbocycles. The second-order valence-electron chi connectivity index (χ2n) is 9.67. The number of benzene rings is 1. The number of carbonyl (C=O) groups excluding carboxylic acids is 3. The van der Waals surface area contributed by atoms with Crippen LogP contribution in [0.4, 0.5) is 10.3 Å². The van der Waals surface area contributed by atoms with Gasteiger partial charge in [-0.15, -0.1) is 0 Å². The second-order valence-corrected chi connectivity index (χ2v) is 11.7. The van der Waals surface area contributed by atoms with E-state index in [1.165, 1.54) is 22.7 Å². The molecule has 198 valence electrons. The van der Waals surface area contributed by atoms with Gasteiger partial charge in [0.1, 0.15) is 6.04 Å². The van der Waals surface area contributed by atoms with E-state index >= 15 is 0 Å². The minimum absolute atomic E-state index is 0.0953. The van der Waals surface area contributed by atoms with Crippen molar-refractivity contribution in [3.8, 4) is 0 Å². The molecular weight excluding hydrogens is 512 g/mol. The summed E-state index contributed by atoms with van der Waals surface area (Å²) in [5.41, 5.74) is 8.05. The van der Waals surface area contributed by atoms with Crippen LogP contribution in [0.1, 0.15) is 24.8 Å². The number of amides is 3. The number of aromatic nitrogens is 2. The zero-order chi connectivity index (χ0) is 26.1. The van der Waals surface area contributed by atoms with E-state index in [1.54, 1.807) is 4.90 Å². The highest BCUT2D eigenvalue weighted by Crippen LogP contribution is 2.37. The number of nitrogens with one attached hydrogen (secondary N) is 2. The lowest BCUT2D eigenvalue weighted by Crippen LogP contribution is -2.52. The number of piperazine rings is 1. The van der Waals surface area contributed by atoms with Crippen molar-refractivity contribution < 1.29 is 14.4 Å². The molecule has 1 unspecified atom stereocenters. The molecule has 2 fully saturated rings. The second kappa shape index (κ2) is 10.8. The molecule has 0 bridgehead atoms. The molecular formula is C24H32N8O3S2. The third kappa shape index (κ3) is 5.63. The highest BCUT2D eigenvalue weighted by atomic mass is 32.1. The Morgan fingerprint density at radius 3 is 2.24 bits per heavy atom. The molecule has 0 radical (unpaired) electrons. The first-order valence-electron chi connectivity index (χ1n) is 12.5. The van der Waals surface area contributed by atoms with E-state index in [0.29, 0.717) is 23.4 Å². The highest BCUT2D eigenvalue weighted by Gasteiger charge is 2.29. The van der Waals surface area contributed by atoms with E-state index in [4.69, 9.17) is 15.7 Å². The van der Waals surface area contributed by atoms with Crippen molar-refractivity contribution in [2.45, 2.75) is 32.2 Å². The maximum Gasteiger partial charge on any atom is 0.245 e. The molecule has 37 heavy (non-hydrogen) atoms. The smallest absolute Gasteiger partial charge is 0.245 e. The van der Waals surface area contributed by atoms with Crippen molar-refractivity contribution in [3.63, 3.8) is 0 Å². The van der Waals surface area contributed by atoms with Gasteiger partial charge >= 0.3 is 0 Å². The number of primary amides is 1. The van der Waals surface area contributed by atoms with E-state index in [9.17, 15) is 14.4 Å². The number of nitrogens with zero attached hydrogens (tertiary/aromatic N) is 5. The lowest BCUT2D eigenvalue weighted by molar-refractivity contribution is -0.135. The van der Waals surface area contributed by atoms with Gasteiger partial charge in [-0.1, -0.05) is 22.7 Å². The van der Waals surface area contributed by atoms with Gasteiger partial charge in [0.2, 0.25) is 17.7 Å².